The molecule has 3 heterocycles. The maximum atomic E-state index is 13.2. The van der Waals surface area contributed by atoms with Gasteiger partial charge in [-0.25, -0.2) is 0 Å². The molecule has 1 aromatic heterocycles. The molecule has 0 N–H and O–H groups in total. The van der Waals surface area contributed by atoms with Gasteiger partial charge in [0, 0.05) is 42.4 Å². The lowest BCUT2D eigenvalue weighted by atomic mass is 9.85. The van der Waals surface area contributed by atoms with E-state index in [0.717, 1.165) is 36.2 Å². The molecule has 1 saturated heterocycles. The molecule has 0 bridgehead atoms. The number of benzene rings is 2. The standard InChI is InChI=1S/C25H24N4O3/c30-22-14-19(25(31)28-12-11-16-5-1-2-10-21(16)28)15-29(22)20-9-4-8-18(13-20)23-26-24(32-27-23)17-6-3-7-17/h1-2,4-5,8-10,13,17,19H,3,6-7,11-12,14-15H2/t19-/m1/s1. The minimum Gasteiger partial charge on any atom is -0.339 e. The number of hydrogen-bond acceptors (Lipinski definition) is 5. The summed E-state index contributed by atoms with van der Waals surface area (Å²) in [5.74, 6) is 1.28. The van der Waals surface area contributed by atoms with Gasteiger partial charge in [0.2, 0.25) is 23.5 Å². The van der Waals surface area contributed by atoms with E-state index in [2.05, 4.69) is 16.2 Å². The van der Waals surface area contributed by atoms with Gasteiger partial charge in [-0.1, -0.05) is 41.9 Å². The molecule has 3 aromatic rings. The molecular weight excluding hydrogens is 404 g/mol. The molecule has 3 aliphatic rings. The molecule has 2 amide bonds. The number of hydrogen-bond donors (Lipinski definition) is 0. The van der Waals surface area contributed by atoms with E-state index in [1.165, 1.54) is 12.0 Å². The molecule has 1 atom stereocenters. The quantitative estimate of drug-likeness (QED) is 0.629. The van der Waals surface area contributed by atoms with Crippen molar-refractivity contribution < 1.29 is 14.1 Å². The Morgan fingerprint density at radius 2 is 1.97 bits per heavy atom. The normalized spacial score (nSPS) is 20.5. The van der Waals surface area contributed by atoms with E-state index in [4.69, 9.17) is 4.52 Å². The Bertz CT molecular complexity index is 1200. The lowest BCUT2D eigenvalue weighted by Gasteiger charge is -2.22. The Kier molecular flexibility index (Phi) is 4.56. The van der Waals surface area contributed by atoms with Crippen molar-refractivity contribution in [1.82, 2.24) is 10.1 Å². The van der Waals surface area contributed by atoms with Gasteiger partial charge in [0.05, 0.1) is 5.92 Å². The fourth-order valence-electron chi connectivity index (χ4n) is 4.90. The van der Waals surface area contributed by atoms with Crippen molar-refractivity contribution in [2.75, 3.05) is 22.9 Å². The van der Waals surface area contributed by atoms with Crippen molar-refractivity contribution in [3.63, 3.8) is 0 Å². The Morgan fingerprint density at radius 3 is 2.81 bits per heavy atom. The number of rotatable bonds is 4. The SMILES string of the molecule is O=C1C[C@@H](C(=O)N2CCc3ccccc32)CN1c1cccc(-c2noc(C3CCC3)n2)c1. The average Bonchev–Trinajstić information content (AvgIpc) is 3.50. The van der Waals surface area contributed by atoms with Crippen molar-refractivity contribution in [2.45, 2.75) is 38.0 Å². The van der Waals surface area contributed by atoms with Gasteiger partial charge < -0.3 is 14.3 Å². The first-order valence-corrected chi connectivity index (χ1v) is 11.3. The molecule has 0 spiro atoms. The van der Waals surface area contributed by atoms with Gasteiger partial charge >= 0.3 is 0 Å². The molecule has 0 radical (unpaired) electrons. The Labute approximate surface area is 186 Å². The van der Waals surface area contributed by atoms with Crippen LogP contribution in [0, 0.1) is 5.92 Å². The smallest absolute Gasteiger partial charge is 0.232 e. The summed E-state index contributed by atoms with van der Waals surface area (Å²) in [7, 11) is 0. The van der Waals surface area contributed by atoms with Crippen LogP contribution in [-0.4, -0.2) is 35.0 Å². The van der Waals surface area contributed by atoms with Crippen LogP contribution >= 0.6 is 0 Å². The Hall–Kier alpha value is -3.48. The van der Waals surface area contributed by atoms with E-state index in [1.54, 1.807) is 4.90 Å². The van der Waals surface area contributed by atoms with Gasteiger partial charge in [-0.3, -0.25) is 9.59 Å². The van der Waals surface area contributed by atoms with Crippen molar-refractivity contribution in [1.29, 1.82) is 0 Å². The van der Waals surface area contributed by atoms with E-state index in [9.17, 15) is 9.59 Å². The third-order valence-corrected chi connectivity index (χ3v) is 6.94. The third-order valence-electron chi connectivity index (χ3n) is 6.94. The number of anilines is 2. The minimum atomic E-state index is -0.340. The maximum absolute atomic E-state index is 13.2. The van der Waals surface area contributed by atoms with Crippen LogP contribution in [0.5, 0.6) is 0 Å². The van der Waals surface area contributed by atoms with Crippen molar-refractivity contribution >= 4 is 23.2 Å². The van der Waals surface area contributed by atoms with E-state index in [1.807, 2.05) is 47.4 Å². The highest BCUT2D eigenvalue weighted by atomic mass is 16.5. The van der Waals surface area contributed by atoms with Crippen molar-refractivity contribution in [3.05, 3.63) is 60.0 Å². The molecule has 2 aromatic carbocycles. The summed E-state index contributed by atoms with van der Waals surface area (Å²) in [5, 5.41) is 4.14. The number of carbonyl (C=O) groups excluding carboxylic acids is 2. The van der Waals surface area contributed by atoms with Gasteiger partial charge in [-0.15, -0.1) is 0 Å². The highest BCUT2D eigenvalue weighted by Gasteiger charge is 2.39. The van der Waals surface area contributed by atoms with Crippen molar-refractivity contribution in [2.24, 2.45) is 5.92 Å². The molecule has 32 heavy (non-hydrogen) atoms. The number of nitrogens with zero attached hydrogens (tertiary/aromatic N) is 4. The zero-order valence-corrected chi connectivity index (χ0v) is 17.7. The zero-order chi connectivity index (χ0) is 21.7. The zero-order valence-electron chi connectivity index (χ0n) is 17.7. The number of carbonyl (C=O) groups is 2. The molecular formula is C25H24N4O3. The van der Waals surface area contributed by atoms with E-state index in [-0.39, 0.29) is 24.2 Å². The summed E-state index contributed by atoms with van der Waals surface area (Å²) >= 11 is 0. The van der Waals surface area contributed by atoms with E-state index in [0.29, 0.717) is 30.7 Å². The van der Waals surface area contributed by atoms with Crippen LogP contribution in [0.25, 0.3) is 11.4 Å². The molecule has 7 nitrogen and oxygen atoms in total. The van der Waals surface area contributed by atoms with Gasteiger partial charge in [0.1, 0.15) is 0 Å². The third kappa shape index (κ3) is 3.20. The van der Waals surface area contributed by atoms with E-state index >= 15 is 0 Å². The number of aromatic nitrogens is 2. The van der Waals surface area contributed by atoms with Crippen LogP contribution in [0.3, 0.4) is 0 Å². The fraction of sp³-hybridized carbons (Fsp3) is 0.360. The van der Waals surface area contributed by atoms with Crippen LogP contribution in [0.4, 0.5) is 11.4 Å². The van der Waals surface area contributed by atoms with Crippen LogP contribution in [0.2, 0.25) is 0 Å². The van der Waals surface area contributed by atoms with Crippen LogP contribution in [-0.2, 0) is 16.0 Å². The minimum absolute atomic E-state index is 0.0312. The second-order valence-corrected chi connectivity index (χ2v) is 8.91. The van der Waals surface area contributed by atoms with Gasteiger partial charge in [0.15, 0.2) is 0 Å². The highest BCUT2D eigenvalue weighted by molar-refractivity contribution is 6.05. The molecule has 1 saturated carbocycles. The maximum Gasteiger partial charge on any atom is 0.232 e. The summed E-state index contributed by atoms with van der Waals surface area (Å²) in [5.41, 5.74) is 3.74. The van der Waals surface area contributed by atoms with Crippen LogP contribution in [0.1, 0.15) is 43.1 Å². The molecule has 2 aliphatic heterocycles. The monoisotopic (exact) mass is 428 g/mol. The largest absolute Gasteiger partial charge is 0.339 e. The van der Waals surface area contributed by atoms with E-state index < -0.39 is 0 Å². The summed E-state index contributed by atoms with van der Waals surface area (Å²) < 4.78 is 5.45. The Morgan fingerprint density at radius 1 is 1.09 bits per heavy atom. The first-order chi connectivity index (χ1) is 15.7. The first-order valence-electron chi connectivity index (χ1n) is 11.3. The molecule has 7 heteroatoms. The fourth-order valence-corrected chi connectivity index (χ4v) is 4.90. The first kappa shape index (κ1) is 19.2. The van der Waals surface area contributed by atoms with Gasteiger partial charge in [-0.05, 0) is 43.0 Å². The van der Waals surface area contributed by atoms with Crippen LogP contribution in [0.15, 0.2) is 53.1 Å². The number of amides is 2. The predicted molar refractivity (Wildman–Crippen MR) is 119 cm³/mol. The van der Waals surface area contributed by atoms with Gasteiger partial charge in [0.25, 0.3) is 0 Å². The highest BCUT2D eigenvalue weighted by Crippen LogP contribution is 2.37. The summed E-state index contributed by atoms with van der Waals surface area (Å²) in [4.78, 5) is 34.2. The molecule has 0 unspecified atom stereocenters. The van der Waals surface area contributed by atoms with Crippen molar-refractivity contribution in [3.8, 4) is 11.4 Å². The van der Waals surface area contributed by atoms with Crippen LogP contribution < -0.4 is 9.80 Å². The van der Waals surface area contributed by atoms with Gasteiger partial charge in [-0.2, -0.15) is 4.98 Å². The molecule has 2 fully saturated rings. The Balaban J connectivity index is 1.20. The summed E-state index contributed by atoms with van der Waals surface area (Å²) in [6, 6.07) is 15.6. The second-order valence-electron chi connectivity index (χ2n) is 8.91. The lowest BCUT2D eigenvalue weighted by Crippen LogP contribution is -2.36. The number of para-hydroxylation sites is 1. The lowest BCUT2D eigenvalue weighted by molar-refractivity contribution is -0.124. The number of fused-ring (bicyclic) bond motifs is 1. The second kappa shape index (κ2) is 7.58. The summed E-state index contributed by atoms with van der Waals surface area (Å²) in [6.07, 6.45) is 4.50. The predicted octanol–water partition coefficient (Wildman–Crippen LogP) is 3.95. The topological polar surface area (TPSA) is 79.5 Å². The molecule has 6 rings (SSSR count). The molecule has 1 aliphatic carbocycles. The molecule has 162 valence electrons. The summed E-state index contributed by atoms with van der Waals surface area (Å²) in [6.45, 7) is 1.07. The average molecular weight is 428 g/mol.